The van der Waals surface area contributed by atoms with Crippen LogP contribution in [0.2, 0.25) is 10.0 Å². The van der Waals surface area contributed by atoms with Crippen LogP contribution in [0.3, 0.4) is 0 Å². The molecule has 8 heteroatoms. The van der Waals surface area contributed by atoms with Gasteiger partial charge in [-0.3, -0.25) is 0 Å². The number of aromatic nitrogens is 2. The summed E-state index contributed by atoms with van der Waals surface area (Å²) < 4.78 is 24.9. The summed E-state index contributed by atoms with van der Waals surface area (Å²) in [6.45, 7) is 1.77. The second-order valence-corrected chi connectivity index (χ2v) is 6.89. The fourth-order valence-electron chi connectivity index (χ4n) is 2.01. The van der Waals surface area contributed by atoms with Crippen LogP contribution in [0.4, 0.5) is 4.39 Å². The Morgan fingerprint density at radius 2 is 2.00 bits per heavy atom. The van der Waals surface area contributed by atoms with E-state index in [-0.39, 0.29) is 5.82 Å². The van der Waals surface area contributed by atoms with E-state index in [4.69, 9.17) is 32.4 Å². The second-order valence-electron chi connectivity index (χ2n) is 5.12. The van der Waals surface area contributed by atoms with E-state index >= 15 is 0 Å². The van der Waals surface area contributed by atoms with Crippen molar-refractivity contribution in [2.24, 2.45) is 0 Å². The standard InChI is InChI=1S/C17H13Cl2FN2O2S/c1-10(23-15-7-6-12(18)8-13(15)19)16-21-22-17(24-16)25-9-11-4-2-3-5-14(11)20/h2-8,10H,9H2,1H3/t10-/m0/s1. The van der Waals surface area contributed by atoms with Gasteiger partial charge in [-0.25, -0.2) is 4.39 Å². The summed E-state index contributed by atoms with van der Waals surface area (Å²) in [5, 5.41) is 9.18. The molecule has 0 aliphatic rings. The van der Waals surface area contributed by atoms with E-state index in [0.29, 0.717) is 38.2 Å². The molecule has 3 rings (SSSR count). The average molecular weight is 399 g/mol. The summed E-state index contributed by atoms with van der Waals surface area (Å²) in [6.07, 6.45) is -0.492. The van der Waals surface area contributed by atoms with Crippen molar-refractivity contribution in [3.8, 4) is 5.75 Å². The SMILES string of the molecule is C[C@H](Oc1ccc(Cl)cc1Cl)c1nnc(SCc2ccccc2F)o1. The molecule has 0 unspecified atom stereocenters. The summed E-state index contributed by atoms with van der Waals surface area (Å²) in [5.41, 5.74) is 0.574. The second kappa shape index (κ2) is 8.08. The van der Waals surface area contributed by atoms with Gasteiger partial charge in [-0.2, -0.15) is 0 Å². The highest BCUT2D eigenvalue weighted by atomic mass is 35.5. The lowest BCUT2D eigenvalue weighted by Gasteiger charge is -2.12. The molecule has 0 N–H and O–H groups in total. The minimum absolute atomic E-state index is 0.260. The van der Waals surface area contributed by atoms with Crippen LogP contribution < -0.4 is 4.74 Å². The molecule has 0 fully saturated rings. The molecule has 0 amide bonds. The first kappa shape index (κ1) is 18.0. The number of halogens is 3. The van der Waals surface area contributed by atoms with Crippen LogP contribution in [0.25, 0.3) is 0 Å². The first-order valence-corrected chi connectivity index (χ1v) is 9.08. The molecule has 0 spiro atoms. The van der Waals surface area contributed by atoms with E-state index in [2.05, 4.69) is 10.2 Å². The van der Waals surface area contributed by atoms with E-state index in [0.717, 1.165) is 0 Å². The number of hydrogen-bond acceptors (Lipinski definition) is 5. The summed E-state index contributed by atoms with van der Waals surface area (Å²) in [5.74, 6) is 0.912. The Kier molecular flexibility index (Phi) is 5.83. The Labute approximate surface area is 158 Å². The van der Waals surface area contributed by atoms with Gasteiger partial charge < -0.3 is 9.15 Å². The predicted octanol–water partition coefficient (Wildman–Crippen LogP) is 5.95. The average Bonchev–Trinajstić information content (AvgIpc) is 3.06. The summed E-state index contributed by atoms with van der Waals surface area (Å²) >= 11 is 13.2. The number of ether oxygens (including phenoxy) is 1. The Balaban J connectivity index is 1.63. The quantitative estimate of drug-likeness (QED) is 0.480. The van der Waals surface area contributed by atoms with Gasteiger partial charge in [-0.05, 0) is 36.8 Å². The third-order valence-electron chi connectivity index (χ3n) is 3.28. The van der Waals surface area contributed by atoms with Crippen molar-refractivity contribution in [1.29, 1.82) is 0 Å². The predicted molar refractivity (Wildman–Crippen MR) is 95.8 cm³/mol. The van der Waals surface area contributed by atoms with E-state index in [1.807, 2.05) is 0 Å². The first-order valence-electron chi connectivity index (χ1n) is 7.34. The van der Waals surface area contributed by atoms with Crippen LogP contribution in [-0.2, 0) is 5.75 Å². The Bertz CT molecular complexity index is 875. The zero-order valence-corrected chi connectivity index (χ0v) is 15.4. The van der Waals surface area contributed by atoms with Crippen LogP contribution in [-0.4, -0.2) is 10.2 Å². The zero-order valence-electron chi connectivity index (χ0n) is 13.1. The van der Waals surface area contributed by atoms with Crippen LogP contribution >= 0.6 is 35.0 Å². The van der Waals surface area contributed by atoms with Crippen LogP contribution in [0.5, 0.6) is 5.75 Å². The lowest BCUT2D eigenvalue weighted by molar-refractivity contribution is 0.182. The normalized spacial score (nSPS) is 12.2. The molecule has 2 aromatic carbocycles. The van der Waals surface area contributed by atoms with Crippen molar-refractivity contribution >= 4 is 35.0 Å². The van der Waals surface area contributed by atoms with E-state index in [9.17, 15) is 4.39 Å². The molecule has 25 heavy (non-hydrogen) atoms. The topological polar surface area (TPSA) is 48.2 Å². The largest absolute Gasteiger partial charge is 0.479 e. The molecule has 0 saturated carbocycles. The van der Waals surface area contributed by atoms with Crippen molar-refractivity contribution in [2.45, 2.75) is 24.0 Å². The molecule has 0 bridgehead atoms. The lowest BCUT2D eigenvalue weighted by atomic mass is 10.2. The minimum atomic E-state index is -0.492. The van der Waals surface area contributed by atoms with Gasteiger partial charge in [0.15, 0.2) is 6.10 Å². The molecule has 1 heterocycles. The minimum Gasteiger partial charge on any atom is -0.479 e. The third-order valence-corrected chi connectivity index (χ3v) is 4.67. The number of benzene rings is 2. The van der Waals surface area contributed by atoms with E-state index in [1.165, 1.54) is 17.8 Å². The highest BCUT2D eigenvalue weighted by Crippen LogP contribution is 2.32. The summed E-state index contributed by atoms with van der Waals surface area (Å²) in [7, 11) is 0. The van der Waals surface area contributed by atoms with Gasteiger partial charge >= 0.3 is 0 Å². The highest BCUT2D eigenvalue weighted by Gasteiger charge is 2.17. The fourth-order valence-corrected chi connectivity index (χ4v) is 3.22. The molecular formula is C17H13Cl2FN2O2S. The van der Waals surface area contributed by atoms with Crippen molar-refractivity contribution in [2.75, 3.05) is 0 Å². The molecule has 1 aromatic heterocycles. The van der Waals surface area contributed by atoms with Gasteiger partial charge in [0, 0.05) is 10.8 Å². The molecule has 0 aliphatic heterocycles. The van der Waals surface area contributed by atoms with Crippen molar-refractivity contribution in [3.63, 3.8) is 0 Å². The molecule has 1 atom stereocenters. The van der Waals surface area contributed by atoms with Gasteiger partial charge in [0.25, 0.3) is 11.1 Å². The Morgan fingerprint density at radius 3 is 2.76 bits per heavy atom. The van der Waals surface area contributed by atoms with E-state index < -0.39 is 6.10 Å². The maximum Gasteiger partial charge on any atom is 0.277 e. The first-order chi connectivity index (χ1) is 12.0. The maximum absolute atomic E-state index is 13.6. The molecule has 3 aromatic rings. The van der Waals surface area contributed by atoms with Crippen molar-refractivity contribution in [1.82, 2.24) is 10.2 Å². The molecule has 130 valence electrons. The zero-order chi connectivity index (χ0) is 17.8. The summed E-state index contributed by atoms with van der Waals surface area (Å²) in [4.78, 5) is 0. The third kappa shape index (κ3) is 4.66. The Morgan fingerprint density at radius 1 is 1.20 bits per heavy atom. The molecule has 4 nitrogen and oxygen atoms in total. The van der Waals surface area contributed by atoms with Gasteiger partial charge in [0.2, 0.25) is 0 Å². The number of hydrogen-bond donors (Lipinski definition) is 0. The fraction of sp³-hybridized carbons (Fsp3) is 0.176. The van der Waals surface area contributed by atoms with Crippen LogP contribution in [0.1, 0.15) is 24.5 Å². The summed E-state index contributed by atoms with van der Waals surface area (Å²) in [6, 6.07) is 11.5. The number of rotatable bonds is 6. The van der Waals surface area contributed by atoms with Crippen molar-refractivity contribution in [3.05, 3.63) is 69.8 Å². The van der Waals surface area contributed by atoms with Gasteiger partial charge in [0.05, 0.1) is 5.02 Å². The lowest BCUT2D eigenvalue weighted by Crippen LogP contribution is -2.03. The van der Waals surface area contributed by atoms with Crippen molar-refractivity contribution < 1.29 is 13.5 Å². The van der Waals surface area contributed by atoms with Crippen LogP contribution in [0.15, 0.2) is 52.1 Å². The smallest absolute Gasteiger partial charge is 0.277 e. The molecule has 0 radical (unpaired) electrons. The molecule has 0 saturated heterocycles. The molecule has 0 aliphatic carbocycles. The highest BCUT2D eigenvalue weighted by molar-refractivity contribution is 7.98. The van der Waals surface area contributed by atoms with Gasteiger partial charge in [0.1, 0.15) is 11.6 Å². The monoisotopic (exact) mass is 398 g/mol. The van der Waals surface area contributed by atoms with Gasteiger partial charge in [-0.1, -0.05) is 53.2 Å². The van der Waals surface area contributed by atoms with E-state index in [1.54, 1.807) is 43.3 Å². The van der Waals surface area contributed by atoms with Crippen LogP contribution in [0, 0.1) is 5.82 Å². The Hall–Kier alpha value is -1.76. The number of thioether (sulfide) groups is 1. The maximum atomic E-state index is 13.6. The number of nitrogens with zero attached hydrogens (tertiary/aromatic N) is 2. The molecular weight excluding hydrogens is 386 g/mol. The van der Waals surface area contributed by atoms with Gasteiger partial charge in [-0.15, -0.1) is 10.2 Å².